The lowest BCUT2D eigenvalue weighted by atomic mass is 9.95. The summed E-state index contributed by atoms with van der Waals surface area (Å²) in [5.74, 6) is 0. The molecule has 0 aliphatic heterocycles. The average Bonchev–Trinajstić information content (AvgIpc) is 2.97. The molecule has 2 aromatic rings. The van der Waals surface area contributed by atoms with E-state index in [9.17, 15) is 8.42 Å². The van der Waals surface area contributed by atoms with Crippen molar-refractivity contribution in [3.05, 3.63) is 51.7 Å². The molecule has 0 fully saturated rings. The minimum atomic E-state index is -3.51. The highest BCUT2D eigenvalue weighted by molar-refractivity contribution is 7.89. The Kier molecular flexibility index (Phi) is 4.12. The maximum absolute atomic E-state index is 12.6. The van der Waals surface area contributed by atoms with E-state index in [0.717, 1.165) is 30.4 Å². The monoisotopic (exact) mass is 322 g/mol. The number of hydrogen-bond donors (Lipinski definition) is 2. The second kappa shape index (κ2) is 5.88. The number of sulfonamides is 1. The van der Waals surface area contributed by atoms with Crippen molar-refractivity contribution in [3.8, 4) is 0 Å². The molecule has 21 heavy (non-hydrogen) atoms. The van der Waals surface area contributed by atoms with E-state index in [1.807, 2.05) is 17.5 Å². The van der Waals surface area contributed by atoms with Gasteiger partial charge in [-0.05, 0) is 54.0 Å². The molecule has 0 amide bonds. The van der Waals surface area contributed by atoms with Gasteiger partial charge < -0.3 is 5.73 Å². The van der Waals surface area contributed by atoms with E-state index in [0.29, 0.717) is 6.54 Å². The Morgan fingerprint density at radius 2 is 2.19 bits per heavy atom. The van der Waals surface area contributed by atoms with E-state index in [1.54, 1.807) is 29.5 Å². The number of nitrogens with one attached hydrogen (secondary N) is 1. The van der Waals surface area contributed by atoms with Gasteiger partial charge in [-0.3, -0.25) is 0 Å². The second-order valence-electron chi connectivity index (χ2n) is 5.22. The predicted octanol–water partition coefficient (Wildman–Crippen LogP) is 2.56. The maximum atomic E-state index is 12.6. The summed E-state index contributed by atoms with van der Waals surface area (Å²) >= 11 is 1.71. The van der Waals surface area contributed by atoms with Crippen LogP contribution in [-0.4, -0.2) is 8.42 Å². The van der Waals surface area contributed by atoms with Gasteiger partial charge in [-0.1, -0.05) is 12.1 Å². The molecule has 0 bridgehead atoms. The number of fused-ring (bicyclic) bond motifs is 1. The van der Waals surface area contributed by atoms with Crippen LogP contribution in [0.15, 0.2) is 40.6 Å². The van der Waals surface area contributed by atoms with Gasteiger partial charge in [-0.15, -0.1) is 11.3 Å². The largest absolute Gasteiger partial charge is 0.326 e. The first-order valence-electron chi connectivity index (χ1n) is 6.98. The highest BCUT2D eigenvalue weighted by Gasteiger charge is 2.26. The second-order valence-corrected chi connectivity index (χ2v) is 7.93. The zero-order chi connectivity index (χ0) is 14.9. The summed E-state index contributed by atoms with van der Waals surface area (Å²) in [6.07, 6.45) is 2.91. The van der Waals surface area contributed by atoms with Crippen LogP contribution in [0, 0.1) is 0 Å². The molecule has 1 atom stereocenters. The Morgan fingerprint density at radius 1 is 1.33 bits per heavy atom. The normalized spacial score (nSPS) is 18.4. The van der Waals surface area contributed by atoms with Crippen LogP contribution in [0.25, 0.3) is 0 Å². The third kappa shape index (κ3) is 3.03. The number of benzene rings is 1. The maximum Gasteiger partial charge on any atom is 0.241 e. The van der Waals surface area contributed by atoms with Crippen molar-refractivity contribution in [2.24, 2.45) is 5.73 Å². The topological polar surface area (TPSA) is 72.2 Å². The summed E-state index contributed by atoms with van der Waals surface area (Å²) in [6.45, 7) is 0.335. The van der Waals surface area contributed by atoms with Crippen LogP contribution in [0.5, 0.6) is 0 Å². The summed E-state index contributed by atoms with van der Waals surface area (Å²) in [4.78, 5) is 1.58. The first-order valence-corrected chi connectivity index (χ1v) is 9.34. The number of aryl methyl sites for hydroxylation is 1. The predicted molar refractivity (Wildman–Crippen MR) is 84.7 cm³/mol. The minimum absolute atomic E-state index is 0.119. The van der Waals surface area contributed by atoms with Crippen molar-refractivity contribution >= 4 is 21.4 Å². The SMILES string of the molecule is NCc1cccc(S(=O)(=O)NC2CCCc3sccc32)c1. The fourth-order valence-electron chi connectivity index (χ4n) is 2.70. The molecule has 6 heteroatoms. The first-order chi connectivity index (χ1) is 10.1. The van der Waals surface area contributed by atoms with Crippen molar-refractivity contribution in [2.75, 3.05) is 0 Å². The van der Waals surface area contributed by atoms with Crippen molar-refractivity contribution in [2.45, 2.75) is 36.7 Å². The highest BCUT2D eigenvalue weighted by Crippen LogP contribution is 2.34. The Balaban J connectivity index is 1.87. The Hall–Kier alpha value is -1.21. The van der Waals surface area contributed by atoms with E-state index in [2.05, 4.69) is 4.72 Å². The first kappa shape index (κ1) is 14.7. The molecule has 1 aromatic heterocycles. The molecular weight excluding hydrogens is 304 g/mol. The van der Waals surface area contributed by atoms with Gasteiger partial charge >= 0.3 is 0 Å². The van der Waals surface area contributed by atoms with Crippen LogP contribution >= 0.6 is 11.3 Å². The van der Waals surface area contributed by atoms with E-state index in [1.165, 1.54) is 4.88 Å². The number of hydrogen-bond acceptors (Lipinski definition) is 4. The Morgan fingerprint density at radius 3 is 3.00 bits per heavy atom. The smallest absolute Gasteiger partial charge is 0.241 e. The van der Waals surface area contributed by atoms with Gasteiger partial charge in [0.2, 0.25) is 10.0 Å². The standard InChI is InChI=1S/C15H18N2O2S2/c16-10-11-3-1-4-12(9-11)21(18,19)17-14-5-2-6-15-13(14)7-8-20-15/h1,3-4,7-9,14,17H,2,5-6,10,16H2. The van der Waals surface area contributed by atoms with Crippen LogP contribution in [-0.2, 0) is 23.0 Å². The fourth-order valence-corrected chi connectivity index (χ4v) is 5.01. The van der Waals surface area contributed by atoms with Crippen LogP contribution in [0.4, 0.5) is 0 Å². The third-order valence-electron chi connectivity index (χ3n) is 3.79. The van der Waals surface area contributed by atoms with Crippen LogP contribution in [0.1, 0.15) is 34.9 Å². The molecule has 1 aromatic carbocycles. The van der Waals surface area contributed by atoms with Gasteiger partial charge in [0.15, 0.2) is 0 Å². The summed E-state index contributed by atoms with van der Waals surface area (Å²) in [7, 11) is -3.51. The highest BCUT2D eigenvalue weighted by atomic mass is 32.2. The van der Waals surface area contributed by atoms with Crippen LogP contribution in [0.3, 0.4) is 0 Å². The Labute approximate surface area is 129 Å². The molecule has 1 aliphatic carbocycles. The van der Waals surface area contributed by atoms with Gasteiger partial charge in [0.1, 0.15) is 0 Å². The molecule has 1 unspecified atom stereocenters. The van der Waals surface area contributed by atoms with Crippen LogP contribution in [0.2, 0.25) is 0 Å². The lowest BCUT2D eigenvalue weighted by Crippen LogP contribution is -2.30. The summed E-state index contributed by atoms with van der Waals surface area (Å²) in [5.41, 5.74) is 7.53. The third-order valence-corrected chi connectivity index (χ3v) is 6.26. The number of thiophene rings is 1. The lowest BCUT2D eigenvalue weighted by molar-refractivity contribution is 0.511. The van der Waals surface area contributed by atoms with Gasteiger partial charge in [0, 0.05) is 17.5 Å². The average molecular weight is 322 g/mol. The molecular formula is C15H18N2O2S2. The van der Waals surface area contributed by atoms with Crippen molar-refractivity contribution < 1.29 is 8.42 Å². The van der Waals surface area contributed by atoms with E-state index >= 15 is 0 Å². The van der Waals surface area contributed by atoms with E-state index in [-0.39, 0.29) is 10.9 Å². The molecule has 3 N–H and O–H groups in total. The van der Waals surface area contributed by atoms with Gasteiger partial charge in [0.25, 0.3) is 0 Å². The molecule has 3 rings (SSSR count). The molecule has 0 saturated heterocycles. The fraction of sp³-hybridized carbons (Fsp3) is 0.333. The van der Waals surface area contributed by atoms with Crippen LogP contribution < -0.4 is 10.5 Å². The number of nitrogens with two attached hydrogens (primary N) is 1. The minimum Gasteiger partial charge on any atom is -0.326 e. The lowest BCUT2D eigenvalue weighted by Gasteiger charge is -2.23. The molecule has 1 aliphatic rings. The Bertz CT molecular complexity index is 738. The molecule has 1 heterocycles. The zero-order valence-corrected chi connectivity index (χ0v) is 13.2. The quantitative estimate of drug-likeness (QED) is 0.908. The summed E-state index contributed by atoms with van der Waals surface area (Å²) in [6, 6.07) is 8.72. The zero-order valence-electron chi connectivity index (χ0n) is 11.6. The van der Waals surface area contributed by atoms with Crippen molar-refractivity contribution in [3.63, 3.8) is 0 Å². The van der Waals surface area contributed by atoms with Crippen molar-refractivity contribution in [1.29, 1.82) is 0 Å². The molecule has 0 spiro atoms. The molecule has 0 saturated carbocycles. The van der Waals surface area contributed by atoms with Crippen molar-refractivity contribution in [1.82, 2.24) is 4.72 Å². The van der Waals surface area contributed by atoms with Gasteiger partial charge in [0.05, 0.1) is 4.90 Å². The van der Waals surface area contributed by atoms with Gasteiger partial charge in [-0.25, -0.2) is 13.1 Å². The molecule has 112 valence electrons. The summed E-state index contributed by atoms with van der Waals surface area (Å²) < 4.78 is 27.9. The number of rotatable bonds is 4. The summed E-state index contributed by atoms with van der Waals surface area (Å²) in [5, 5.41) is 2.03. The molecule has 0 radical (unpaired) electrons. The van der Waals surface area contributed by atoms with E-state index < -0.39 is 10.0 Å². The van der Waals surface area contributed by atoms with E-state index in [4.69, 9.17) is 5.73 Å². The molecule has 4 nitrogen and oxygen atoms in total. The van der Waals surface area contributed by atoms with Gasteiger partial charge in [-0.2, -0.15) is 0 Å².